The number of anilines is 1. The SMILES string of the molecule is CC(N)CCC(=O)Nc1cc(F)cc(F)c1F. The maximum atomic E-state index is 13.2. The summed E-state index contributed by atoms with van der Waals surface area (Å²) in [5.74, 6) is -4.11. The summed E-state index contributed by atoms with van der Waals surface area (Å²) < 4.78 is 38.8. The molecule has 3 nitrogen and oxygen atoms in total. The smallest absolute Gasteiger partial charge is 0.224 e. The summed E-state index contributed by atoms with van der Waals surface area (Å²) in [4.78, 5) is 11.3. The van der Waals surface area contributed by atoms with E-state index in [1.807, 2.05) is 0 Å². The average Bonchev–Trinajstić information content (AvgIpc) is 2.22. The van der Waals surface area contributed by atoms with Gasteiger partial charge in [-0.05, 0) is 13.3 Å². The van der Waals surface area contributed by atoms with Crippen molar-refractivity contribution in [1.82, 2.24) is 0 Å². The zero-order valence-electron chi connectivity index (χ0n) is 9.27. The van der Waals surface area contributed by atoms with E-state index >= 15 is 0 Å². The van der Waals surface area contributed by atoms with Crippen LogP contribution in [0.1, 0.15) is 19.8 Å². The molecule has 0 saturated carbocycles. The Balaban J connectivity index is 2.71. The highest BCUT2D eigenvalue weighted by molar-refractivity contribution is 5.90. The van der Waals surface area contributed by atoms with Crippen LogP contribution in [0.2, 0.25) is 0 Å². The van der Waals surface area contributed by atoms with Crippen molar-refractivity contribution in [2.24, 2.45) is 5.73 Å². The maximum absolute atomic E-state index is 13.2. The Kier molecular flexibility index (Phi) is 4.51. The third-order valence-corrected chi connectivity index (χ3v) is 2.09. The molecule has 0 spiro atoms. The van der Waals surface area contributed by atoms with Crippen molar-refractivity contribution in [3.8, 4) is 0 Å². The standard InChI is InChI=1S/C11H13F3N2O/c1-6(15)2-3-10(17)16-9-5-7(12)4-8(13)11(9)14/h4-6H,2-3,15H2,1H3,(H,16,17). The van der Waals surface area contributed by atoms with Crippen LogP contribution in [0.3, 0.4) is 0 Å². The summed E-state index contributed by atoms with van der Waals surface area (Å²) in [6.45, 7) is 1.72. The lowest BCUT2D eigenvalue weighted by molar-refractivity contribution is -0.116. The van der Waals surface area contributed by atoms with Gasteiger partial charge in [0.05, 0.1) is 5.69 Å². The van der Waals surface area contributed by atoms with Gasteiger partial charge in [0.15, 0.2) is 11.6 Å². The first-order chi connectivity index (χ1) is 7.90. The van der Waals surface area contributed by atoms with Gasteiger partial charge in [-0.15, -0.1) is 0 Å². The van der Waals surface area contributed by atoms with E-state index < -0.39 is 29.0 Å². The molecular weight excluding hydrogens is 233 g/mol. The fourth-order valence-corrected chi connectivity index (χ4v) is 1.22. The summed E-state index contributed by atoms with van der Waals surface area (Å²) in [5, 5.41) is 2.10. The minimum Gasteiger partial charge on any atom is -0.328 e. The van der Waals surface area contributed by atoms with Crippen LogP contribution in [0.4, 0.5) is 18.9 Å². The van der Waals surface area contributed by atoms with Gasteiger partial charge in [0.25, 0.3) is 0 Å². The number of nitrogens with one attached hydrogen (secondary N) is 1. The van der Waals surface area contributed by atoms with E-state index in [4.69, 9.17) is 5.73 Å². The molecule has 17 heavy (non-hydrogen) atoms. The molecule has 1 amide bonds. The summed E-state index contributed by atoms with van der Waals surface area (Å²) in [5.41, 5.74) is 4.94. The van der Waals surface area contributed by atoms with Crippen molar-refractivity contribution < 1.29 is 18.0 Å². The van der Waals surface area contributed by atoms with Crippen LogP contribution in [0, 0.1) is 17.5 Å². The molecule has 0 bridgehead atoms. The lowest BCUT2D eigenvalue weighted by Crippen LogP contribution is -2.20. The predicted molar refractivity (Wildman–Crippen MR) is 57.8 cm³/mol. The van der Waals surface area contributed by atoms with Gasteiger partial charge in [0.2, 0.25) is 5.91 Å². The second kappa shape index (κ2) is 5.67. The lowest BCUT2D eigenvalue weighted by Gasteiger charge is -2.08. The van der Waals surface area contributed by atoms with Crippen molar-refractivity contribution in [3.05, 3.63) is 29.6 Å². The number of amides is 1. The van der Waals surface area contributed by atoms with Crippen LogP contribution in [-0.2, 0) is 4.79 Å². The van der Waals surface area contributed by atoms with Crippen LogP contribution in [0.15, 0.2) is 12.1 Å². The molecule has 0 aromatic heterocycles. The number of carbonyl (C=O) groups is 1. The zero-order chi connectivity index (χ0) is 13.0. The first-order valence-corrected chi connectivity index (χ1v) is 5.10. The summed E-state index contributed by atoms with van der Waals surface area (Å²) in [7, 11) is 0. The molecule has 1 rings (SSSR count). The molecule has 0 aliphatic heterocycles. The molecule has 1 aromatic carbocycles. The van der Waals surface area contributed by atoms with E-state index in [2.05, 4.69) is 5.32 Å². The van der Waals surface area contributed by atoms with Gasteiger partial charge < -0.3 is 11.1 Å². The molecule has 0 radical (unpaired) electrons. The topological polar surface area (TPSA) is 55.1 Å². The van der Waals surface area contributed by atoms with E-state index in [1.54, 1.807) is 6.92 Å². The second-order valence-electron chi connectivity index (χ2n) is 3.81. The maximum Gasteiger partial charge on any atom is 0.224 e. The van der Waals surface area contributed by atoms with Crippen LogP contribution in [0.25, 0.3) is 0 Å². The van der Waals surface area contributed by atoms with Crippen LogP contribution in [-0.4, -0.2) is 11.9 Å². The summed E-state index contributed by atoms with van der Waals surface area (Å²) >= 11 is 0. The highest BCUT2D eigenvalue weighted by Crippen LogP contribution is 2.19. The van der Waals surface area contributed by atoms with Gasteiger partial charge in [0.1, 0.15) is 5.82 Å². The van der Waals surface area contributed by atoms with Crippen molar-refractivity contribution in [2.45, 2.75) is 25.8 Å². The van der Waals surface area contributed by atoms with Gasteiger partial charge >= 0.3 is 0 Å². The van der Waals surface area contributed by atoms with E-state index in [-0.39, 0.29) is 12.5 Å². The normalized spacial score (nSPS) is 12.3. The zero-order valence-corrected chi connectivity index (χ0v) is 9.27. The molecule has 0 aliphatic carbocycles. The van der Waals surface area contributed by atoms with E-state index in [0.29, 0.717) is 12.5 Å². The molecule has 1 aromatic rings. The molecular formula is C11H13F3N2O. The van der Waals surface area contributed by atoms with E-state index in [9.17, 15) is 18.0 Å². The second-order valence-corrected chi connectivity index (χ2v) is 3.81. The van der Waals surface area contributed by atoms with Gasteiger partial charge in [-0.2, -0.15) is 0 Å². The van der Waals surface area contributed by atoms with Crippen molar-refractivity contribution in [3.63, 3.8) is 0 Å². The van der Waals surface area contributed by atoms with E-state index in [1.165, 1.54) is 0 Å². The van der Waals surface area contributed by atoms with E-state index in [0.717, 1.165) is 6.07 Å². The Hall–Kier alpha value is -1.56. The molecule has 1 unspecified atom stereocenters. The minimum atomic E-state index is -1.34. The van der Waals surface area contributed by atoms with Gasteiger partial charge in [-0.25, -0.2) is 13.2 Å². The fourth-order valence-electron chi connectivity index (χ4n) is 1.22. The molecule has 3 N–H and O–H groups in total. The molecule has 6 heteroatoms. The number of hydrogen-bond donors (Lipinski definition) is 2. The molecule has 0 heterocycles. The minimum absolute atomic E-state index is 0.0647. The molecule has 94 valence electrons. The largest absolute Gasteiger partial charge is 0.328 e. The van der Waals surface area contributed by atoms with Gasteiger partial charge in [0, 0.05) is 24.6 Å². The highest BCUT2D eigenvalue weighted by Gasteiger charge is 2.13. The first kappa shape index (κ1) is 13.5. The number of benzene rings is 1. The molecule has 0 aliphatic rings. The van der Waals surface area contributed by atoms with Gasteiger partial charge in [-0.3, -0.25) is 4.79 Å². The highest BCUT2D eigenvalue weighted by atomic mass is 19.2. The third-order valence-electron chi connectivity index (χ3n) is 2.09. The third kappa shape index (κ3) is 4.07. The van der Waals surface area contributed by atoms with Crippen LogP contribution >= 0.6 is 0 Å². The Morgan fingerprint density at radius 1 is 1.41 bits per heavy atom. The number of hydrogen-bond acceptors (Lipinski definition) is 2. The van der Waals surface area contributed by atoms with Crippen molar-refractivity contribution in [2.75, 3.05) is 5.32 Å². The van der Waals surface area contributed by atoms with Crippen molar-refractivity contribution >= 4 is 11.6 Å². The Morgan fingerprint density at radius 2 is 2.06 bits per heavy atom. The summed E-state index contributed by atoms with van der Waals surface area (Å²) in [6, 6.07) is 0.963. The van der Waals surface area contributed by atoms with Crippen LogP contribution < -0.4 is 11.1 Å². The number of nitrogens with two attached hydrogens (primary N) is 1. The fraction of sp³-hybridized carbons (Fsp3) is 0.364. The monoisotopic (exact) mass is 246 g/mol. The predicted octanol–water partition coefficient (Wildman–Crippen LogP) is 2.17. The number of halogens is 3. The average molecular weight is 246 g/mol. The van der Waals surface area contributed by atoms with Gasteiger partial charge in [-0.1, -0.05) is 0 Å². The van der Waals surface area contributed by atoms with Crippen LogP contribution in [0.5, 0.6) is 0 Å². The molecule has 0 fully saturated rings. The van der Waals surface area contributed by atoms with Crippen molar-refractivity contribution in [1.29, 1.82) is 0 Å². The Labute approximate surface area is 96.8 Å². The number of carbonyl (C=O) groups excluding carboxylic acids is 1. The Bertz CT molecular complexity index is 421. The lowest BCUT2D eigenvalue weighted by atomic mass is 10.2. The first-order valence-electron chi connectivity index (χ1n) is 5.10. The number of rotatable bonds is 4. The molecule has 1 atom stereocenters. The quantitative estimate of drug-likeness (QED) is 0.800. The summed E-state index contributed by atoms with van der Waals surface area (Å²) in [6.07, 6.45) is 0.473. The molecule has 0 saturated heterocycles. The Morgan fingerprint density at radius 3 is 2.65 bits per heavy atom.